The molecular formula is C11H16N2O3. The lowest BCUT2D eigenvalue weighted by molar-refractivity contribution is 0.0871. The van der Waals surface area contributed by atoms with E-state index in [2.05, 4.69) is 5.32 Å². The third-order valence-corrected chi connectivity index (χ3v) is 2.23. The molecule has 0 saturated carbocycles. The summed E-state index contributed by atoms with van der Waals surface area (Å²) >= 11 is 0. The number of amides is 1. The average molecular weight is 224 g/mol. The number of anilines is 1. The van der Waals surface area contributed by atoms with Crippen LogP contribution in [-0.4, -0.2) is 30.8 Å². The Labute approximate surface area is 94.2 Å². The molecule has 0 fully saturated rings. The van der Waals surface area contributed by atoms with E-state index in [1.807, 2.05) is 6.92 Å². The second-order valence-electron chi connectivity index (χ2n) is 3.53. The Bertz CT molecular complexity index is 379. The summed E-state index contributed by atoms with van der Waals surface area (Å²) in [6.07, 6.45) is -0.0671. The monoisotopic (exact) mass is 224 g/mol. The van der Waals surface area contributed by atoms with E-state index in [0.717, 1.165) is 0 Å². The van der Waals surface area contributed by atoms with Crippen molar-refractivity contribution in [1.82, 2.24) is 5.32 Å². The number of nitrogens with two attached hydrogens (primary N) is 1. The predicted octanol–water partition coefficient (Wildman–Crippen LogP) is 0.739. The Hall–Kier alpha value is -1.75. The van der Waals surface area contributed by atoms with Gasteiger partial charge in [-0.15, -0.1) is 0 Å². The van der Waals surface area contributed by atoms with Crippen molar-refractivity contribution < 1.29 is 14.6 Å². The zero-order valence-electron chi connectivity index (χ0n) is 9.36. The van der Waals surface area contributed by atoms with Crippen LogP contribution < -0.4 is 11.1 Å². The second-order valence-corrected chi connectivity index (χ2v) is 3.53. The summed E-state index contributed by atoms with van der Waals surface area (Å²) in [5.74, 6) is -0.309. The number of hydrogen-bond acceptors (Lipinski definition) is 4. The maximum Gasteiger partial charge on any atom is 0.253 e. The Kier molecular flexibility index (Phi) is 4.13. The molecule has 1 aromatic rings. The highest BCUT2D eigenvalue weighted by atomic mass is 16.5. The number of phenols is 1. The highest BCUT2D eigenvalue weighted by Crippen LogP contribution is 2.18. The first-order chi connectivity index (χ1) is 7.54. The predicted molar refractivity (Wildman–Crippen MR) is 61.3 cm³/mol. The zero-order chi connectivity index (χ0) is 12.1. The highest BCUT2D eigenvalue weighted by molar-refractivity contribution is 5.99. The van der Waals surface area contributed by atoms with Crippen molar-refractivity contribution in [3.05, 3.63) is 23.8 Å². The number of methoxy groups -OCH3 is 1. The van der Waals surface area contributed by atoms with Gasteiger partial charge < -0.3 is 20.9 Å². The summed E-state index contributed by atoms with van der Waals surface area (Å²) < 4.78 is 5.00. The number of rotatable bonds is 4. The van der Waals surface area contributed by atoms with E-state index >= 15 is 0 Å². The van der Waals surface area contributed by atoms with Crippen molar-refractivity contribution in [1.29, 1.82) is 0 Å². The number of carbonyl (C=O) groups excluding carboxylic acids is 1. The molecule has 5 nitrogen and oxygen atoms in total. The quantitative estimate of drug-likeness (QED) is 0.520. The molecular weight excluding hydrogens is 208 g/mol. The Morgan fingerprint density at radius 3 is 2.94 bits per heavy atom. The lowest BCUT2D eigenvalue weighted by atomic mass is 10.1. The van der Waals surface area contributed by atoms with Crippen LogP contribution in [0.15, 0.2) is 18.2 Å². The minimum absolute atomic E-state index is 0.0131. The van der Waals surface area contributed by atoms with E-state index in [9.17, 15) is 9.90 Å². The molecule has 0 heterocycles. The van der Waals surface area contributed by atoms with Gasteiger partial charge in [-0.05, 0) is 25.1 Å². The Balaban J connectivity index is 2.69. The van der Waals surface area contributed by atoms with Gasteiger partial charge in [-0.3, -0.25) is 4.79 Å². The van der Waals surface area contributed by atoms with Gasteiger partial charge in [-0.2, -0.15) is 0 Å². The van der Waals surface area contributed by atoms with Crippen LogP contribution in [-0.2, 0) is 4.74 Å². The van der Waals surface area contributed by atoms with Crippen LogP contribution in [0.4, 0.5) is 5.69 Å². The van der Waals surface area contributed by atoms with E-state index in [0.29, 0.717) is 12.2 Å². The smallest absolute Gasteiger partial charge is 0.253 e. The largest absolute Gasteiger partial charge is 0.508 e. The molecule has 0 bridgehead atoms. The van der Waals surface area contributed by atoms with Crippen molar-refractivity contribution in [2.45, 2.75) is 13.0 Å². The number of aromatic hydroxyl groups is 1. The third-order valence-electron chi connectivity index (χ3n) is 2.23. The van der Waals surface area contributed by atoms with E-state index in [4.69, 9.17) is 10.5 Å². The number of phenolic OH excluding ortho intramolecular Hbond substituents is 1. The minimum atomic E-state index is -0.322. The molecule has 88 valence electrons. The van der Waals surface area contributed by atoms with Gasteiger partial charge in [0.1, 0.15) is 5.75 Å². The van der Waals surface area contributed by atoms with Crippen LogP contribution in [0, 0.1) is 0 Å². The molecule has 0 aliphatic rings. The number of hydrogen-bond donors (Lipinski definition) is 3. The Morgan fingerprint density at radius 1 is 1.62 bits per heavy atom. The molecule has 0 saturated heterocycles. The molecule has 0 spiro atoms. The number of ether oxygens (including phenoxy) is 1. The minimum Gasteiger partial charge on any atom is -0.508 e. The zero-order valence-corrected chi connectivity index (χ0v) is 9.36. The van der Waals surface area contributed by atoms with E-state index < -0.39 is 0 Å². The van der Waals surface area contributed by atoms with Crippen molar-refractivity contribution in [3.8, 4) is 5.75 Å². The maximum absolute atomic E-state index is 11.7. The molecule has 16 heavy (non-hydrogen) atoms. The summed E-state index contributed by atoms with van der Waals surface area (Å²) in [5, 5.41) is 11.9. The van der Waals surface area contributed by atoms with Crippen molar-refractivity contribution in [2.24, 2.45) is 0 Å². The van der Waals surface area contributed by atoms with Crippen LogP contribution >= 0.6 is 0 Å². The van der Waals surface area contributed by atoms with Crippen LogP contribution in [0.25, 0.3) is 0 Å². The van der Waals surface area contributed by atoms with Gasteiger partial charge in [0.15, 0.2) is 0 Å². The van der Waals surface area contributed by atoms with Crippen molar-refractivity contribution in [2.75, 3.05) is 19.4 Å². The molecule has 0 aromatic heterocycles. The van der Waals surface area contributed by atoms with Crippen LogP contribution in [0.3, 0.4) is 0 Å². The molecule has 0 aliphatic heterocycles. The Morgan fingerprint density at radius 2 is 2.31 bits per heavy atom. The van der Waals surface area contributed by atoms with E-state index in [1.54, 1.807) is 7.11 Å². The maximum atomic E-state index is 11.7. The van der Waals surface area contributed by atoms with Gasteiger partial charge in [0.25, 0.3) is 5.91 Å². The molecule has 4 N–H and O–H groups in total. The van der Waals surface area contributed by atoms with Gasteiger partial charge in [0.05, 0.1) is 11.7 Å². The van der Waals surface area contributed by atoms with Crippen LogP contribution in [0.5, 0.6) is 5.75 Å². The first-order valence-electron chi connectivity index (χ1n) is 4.94. The standard InChI is InChI=1S/C11H16N2O3/c1-7(16-2)6-13-11(15)9-5-8(14)3-4-10(9)12/h3-5,7,14H,6,12H2,1-2H3,(H,13,15). The molecule has 1 atom stereocenters. The molecule has 0 radical (unpaired) electrons. The molecule has 0 aliphatic carbocycles. The lowest BCUT2D eigenvalue weighted by Crippen LogP contribution is -2.31. The summed E-state index contributed by atoms with van der Waals surface area (Å²) in [4.78, 5) is 11.7. The second kappa shape index (κ2) is 5.37. The van der Waals surface area contributed by atoms with E-state index in [-0.39, 0.29) is 23.3 Å². The number of carbonyl (C=O) groups is 1. The summed E-state index contributed by atoms with van der Waals surface area (Å²) in [5.41, 5.74) is 6.23. The van der Waals surface area contributed by atoms with Gasteiger partial charge in [0, 0.05) is 19.3 Å². The SMILES string of the molecule is COC(C)CNC(=O)c1cc(O)ccc1N. The number of benzene rings is 1. The fraction of sp³-hybridized carbons (Fsp3) is 0.364. The van der Waals surface area contributed by atoms with Crippen molar-refractivity contribution >= 4 is 11.6 Å². The third kappa shape index (κ3) is 3.13. The highest BCUT2D eigenvalue weighted by Gasteiger charge is 2.11. The van der Waals surface area contributed by atoms with Crippen LogP contribution in [0.2, 0.25) is 0 Å². The summed E-state index contributed by atoms with van der Waals surface area (Å²) in [7, 11) is 1.57. The molecule has 1 aromatic carbocycles. The van der Waals surface area contributed by atoms with E-state index in [1.165, 1.54) is 18.2 Å². The summed E-state index contributed by atoms with van der Waals surface area (Å²) in [6.45, 7) is 2.23. The van der Waals surface area contributed by atoms with Crippen molar-refractivity contribution in [3.63, 3.8) is 0 Å². The topological polar surface area (TPSA) is 84.6 Å². The molecule has 1 amide bonds. The normalized spacial score (nSPS) is 12.1. The van der Waals surface area contributed by atoms with Gasteiger partial charge >= 0.3 is 0 Å². The fourth-order valence-corrected chi connectivity index (χ4v) is 1.16. The van der Waals surface area contributed by atoms with Gasteiger partial charge in [-0.1, -0.05) is 0 Å². The summed E-state index contributed by atoms with van der Waals surface area (Å²) in [6, 6.07) is 4.26. The fourth-order valence-electron chi connectivity index (χ4n) is 1.16. The average Bonchev–Trinajstić information content (AvgIpc) is 2.28. The first-order valence-corrected chi connectivity index (χ1v) is 4.94. The lowest BCUT2D eigenvalue weighted by Gasteiger charge is -2.11. The first kappa shape index (κ1) is 12.3. The van der Waals surface area contributed by atoms with Crippen LogP contribution in [0.1, 0.15) is 17.3 Å². The van der Waals surface area contributed by atoms with Gasteiger partial charge in [-0.25, -0.2) is 0 Å². The van der Waals surface area contributed by atoms with Gasteiger partial charge in [0.2, 0.25) is 0 Å². The number of nitrogens with one attached hydrogen (secondary N) is 1. The molecule has 1 unspecified atom stereocenters. The molecule has 1 rings (SSSR count). The number of nitrogen functional groups attached to an aromatic ring is 1. The molecule has 5 heteroatoms.